The van der Waals surface area contributed by atoms with Crippen LogP contribution >= 0.6 is 0 Å². The second kappa shape index (κ2) is 7.90. The fourth-order valence-corrected chi connectivity index (χ4v) is 1.98. The Morgan fingerprint density at radius 3 is 2.65 bits per heavy atom. The van der Waals surface area contributed by atoms with E-state index in [4.69, 9.17) is 9.84 Å². The maximum absolute atomic E-state index is 11.9. The minimum Gasteiger partial charge on any atom is -0.483 e. The Morgan fingerprint density at radius 1 is 1.35 bits per heavy atom. The van der Waals surface area contributed by atoms with Crippen LogP contribution in [0.2, 0.25) is 0 Å². The third kappa shape index (κ3) is 4.85. The Balaban J connectivity index is 2.52. The number of hydrogen-bond acceptors (Lipinski definition) is 3. The number of carbonyl (C=O) groups is 1. The van der Waals surface area contributed by atoms with E-state index in [9.17, 15) is 4.79 Å². The van der Waals surface area contributed by atoms with Crippen LogP contribution in [0.15, 0.2) is 18.2 Å². The first-order valence-corrected chi connectivity index (χ1v) is 7.05. The molecule has 20 heavy (non-hydrogen) atoms. The highest BCUT2D eigenvalue weighted by atomic mass is 16.5. The molecule has 112 valence electrons. The molecule has 0 heterocycles. The molecule has 1 aromatic rings. The van der Waals surface area contributed by atoms with Crippen LogP contribution < -0.4 is 10.1 Å². The third-order valence-corrected chi connectivity index (χ3v) is 3.50. The highest BCUT2D eigenvalue weighted by Crippen LogP contribution is 2.20. The smallest absolute Gasteiger partial charge is 0.258 e. The van der Waals surface area contributed by atoms with Gasteiger partial charge in [0.25, 0.3) is 5.91 Å². The van der Waals surface area contributed by atoms with Gasteiger partial charge in [-0.2, -0.15) is 0 Å². The number of nitrogens with one attached hydrogen (secondary N) is 1. The Bertz CT molecular complexity index is 443. The lowest BCUT2D eigenvalue weighted by Crippen LogP contribution is -2.41. The van der Waals surface area contributed by atoms with E-state index in [0.717, 1.165) is 16.9 Å². The number of aryl methyl sites for hydroxylation is 1. The van der Waals surface area contributed by atoms with Crippen molar-refractivity contribution >= 4 is 5.91 Å². The van der Waals surface area contributed by atoms with E-state index in [1.807, 2.05) is 45.9 Å². The van der Waals surface area contributed by atoms with Crippen LogP contribution in [0.4, 0.5) is 0 Å². The monoisotopic (exact) mass is 279 g/mol. The first-order chi connectivity index (χ1) is 9.45. The molecular formula is C16H25NO3. The summed E-state index contributed by atoms with van der Waals surface area (Å²) in [4.78, 5) is 11.9. The summed E-state index contributed by atoms with van der Waals surface area (Å²) in [6.07, 6.45) is 0.562. The molecular weight excluding hydrogens is 254 g/mol. The Hall–Kier alpha value is -1.55. The molecule has 0 aliphatic heterocycles. The van der Waals surface area contributed by atoms with Crippen molar-refractivity contribution in [1.29, 1.82) is 0 Å². The van der Waals surface area contributed by atoms with Crippen molar-refractivity contribution in [1.82, 2.24) is 5.32 Å². The van der Waals surface area contributed by atoms with E-state index in [1.165, 1.54) is 0 Å². The minimum absolute atomic E-state index is 0.00105. The van der Waals surface area contributed by atoms with Crippen molar-refractivity contribution in [2.75, 3.05) is 13.2 Å². The molecule has 2 N–H and O–H groups in total. The first-order valence-electron chi connectivity index (χ1n) is 7.05. The molecule has 1 atom stereocenters. The van der Waals surface area contributed by atoms with Crippen molar-refractivity contribution in [2.24, 2.45) is 5.92 Å². The topological polar surface area (TPSA) is 58.6 Å². The summed E-state index contributed by atoms with van der Waals surface area (Å²) in [5.41, 5.74) is 2.19. The van der Waals surface area contributed by atoms with Crippen molar-refractivity contribution in [2.45, 2.75) is 40.2 Å². The zero-order valence-electron chi connectivity index (χ0n) is 12.8. The summed E-state index contributed by atoms with van der Waals surface area (Å²) in [6.45, 7) is 8.10. The summed E-state index contributed by atoms with van der Waals surface area (Å²) in [5.74, 6) is 0.869. The van der Waals surface area contributed by atoms with Crippen LogP contribution in [-0.2, 0) is 4.79 Å². The summed E-state index contributed by atoms with van der Waals surface area (Å²) in [7, 11) is 0. The van der Waals surface area contributed by atoms with Gasteiger partial charge in [-0.25, -0.2) is 0 Å². The lowest BCUT2D eigenvalue weighted by Gasteiger charge is -2.21. The SMILES string of the molecule is Cc1cccc(OCC(=O)NC(CCO)C(C)C)c1C. The average Bonchev–Trinajstić information content (AvgIpc) is 2.40. The summed E-state index contributed by atoms with van der Waals surface area (Å²) in [5, 5.41) is 11.9. The predicted molar refractivity (Wildman–Crippen MR) is 79.9 cm³/mol. The van der Waals surface area contributed by atoms with Gasteiger partial charge in [0.2, 0.25) is 0 Å². The molecule has 0 fully saturated rings. The highest BCUT2D eigenvalue weighted by molar-refractivity contribution is 5.77. The second-order valence-electron chi connectivity index (χ2n) is 5.42. The van der Waals surface area contributed by atoms with Crippen molar-refractivity contribution in [3.63, 3.8) is 0 Å². The van der Waals surface area contributed by atoms with Gasteiger partial charge in [-0.05, 0) is 43.4 Å². The molecule has 1 unspecified atom stereocenters. The Kier molecular flexibility index (Phi) is 6.52. The molecule has 1 rings (SSSR count). The Morgan fingerprint density at radius 2 is 2.05 bits per heavy atom. The lowest BCUT2D eigenvalue weighted by atomic mass is 10.0. The predicted octanol–water partition coefficient (Wildman–Crippen LogP) is 2.21. The van der Waals surface area contributed by atoms with Gasteiger partial charge in [-0.1, -0.05) is 26.0 Å². The first kappa shape index (κ1) is 16.5. The van der Waals surface area contributed by atoms with Crippen LogP contribution in [0.25, 0.3) is 0 Å². The molecule has 0 aliphatic rings. The molecule has 4 heteroatoms. The van der Waals surface area contributed by atoms with E-state index in [-0.39, 0.29) is 31.1 Å². The lowest BCUT2D eigenvalue weighted by molar-refractivity contribution is -0.124. The zero-order valence-corrected chi connectivity index (χ0v) is 12.8. The molecule has 4 nitrogen and oxygen atoms in total. The van der Waals surface area contributed by atoms with Crippen LogP contribution in [0.3, 0.4) is 0 Å². The average molecular weight is 279 g/mol. The molecule has 0 saturated carbocycles. The highest BCUT2D eigenvalue weighted by Gasteiger charge is 2.16. The molecule has 0 aromatic heterocycles. The second-order valence-corrected chi connectivity index (χ2v) is 5.42. The van der Waals surface area contributed by atoms with Crippen molar-refractivity contribution < 1.29 is 14.6 Å². The van der Waals surface area contributed by atoms with Gasteiger partial charge < -0.3 is 15.2 Å². The molecule has 1 aromatic carbocycles. The molecule has 1 amide bonds. The maximum Gasteiger partial charge on any atom is 0.258 e. The largest absolute Gasteiger partial charge is 0.483 e. The van der Waals surface area contributed by atoms with E-state index in [1.54, 1.807) is 0 Å². The van der Waals surface area contributed by atoms with Crippen molar-refractivity contribution in [3.8, 4) is 5.75 Å². The number of amides is 1. The Labute approximate surface area is 121 Å². The fourth-order valence-electron chi connectivity index (χ4n) is 1.98. The van der Waals surface area contributed by atoms with Gasteiger partial charge in [-0.15, -0.1) is 0 Å². The van der Waals surface area contributed by atoms with Gasteiger partial charge in [0.05, 0.1) is 0 Å². The van der Waals surface area contributed by atoms with Gasteiger partial charge in [0, 0.05) is 12.6 Å². The summed E-state index contributed by atoms with van der Waals surface area (Å²) in [6, 6.07) is 5.77. The van der Waals surface area contributed by atoms with Gasteiger partial charge in [0.1, 0.15) is 5.75 Å². The minimum atomic E-state index is -0.155. The zero-order chi connectivity index (χ0) is 15.1. The molecule has 0 radical (unpaired) electrons. The van der Waals surface area contributed by atoms with E-state index >= 15 is 0 Å². The molecule has 0 spiro atoms. The van der Waals surface area contributed by atoms with E-state index in [0.29, 0.717) is 6.42 Å². The standard InChI is InChI=1S/C16H25NO3/c1-11(2)14(8-9-18)17-16(19)10-20-15-7-5-6-12(3)13(15)4/h5-7,11,14,18H,8-10H2,1-4H3,(H,17,19). The van der Waals surface area contributed by atoms with Crippen LogP contribution in [0.1, 0.15) is 31.4 Å². The normalized spacial score (nSPS) is 12.3. The number of aliphatic hydroxyl groups excluding tert-OH is 1. The van der Waals surface area contributed by atoms with Gasteiger partial charge in [-0.3, -0.25) is 4.79 Å². The van der Waals surface area contributed by atoms with E-state index in [2.05, 4.69) is 5.32 Å². The van der Waals surface area contributed by atoms with Gasteiger partial charge >= 0.3 is 0 Å². The number of ether oxygens (including phenoxy) is 1. The van der Waals surface area contributed by atoms with Crippen LogP contribution in [0.5, 0.6) is 5.75 Å². The van der Waals surface area contributed by atoms with Gasteiger partial charge in [0.15, 0.2) is 6.61 Å². The maximum atomic E-state index is 11.9. The fraction of sp³-hybridized carbons (Fsp3) is 0.562. The number of carbonyl (C=O) groups excluding carboxylic acids is 1. The van der Waals surface area contributed by atoms with Crippen LogP contribution in [-0.4, -0.2) is 30.3 Å². The quantitative estimate of drug-likeness (QED) is 0.804. The number of hydrogen-bond donors (Lipinski definition) is 2. The van der Waals surface area contributed by atoms with E-state index < -0.39 is 0 Å². The summed E-state index contributed by atoms with van der Waals surface area (Å²) >= 11 is 0. The number of aliphatic hydroxyl groups is 1. The molecule has 0 bridgehead atoms. The summed E-state index contributed by atoms with van der Waals surface area (Å²) < 4.78 is 5.56. The molecule has 0 saturated heterocycles. The number of rotatable bonds is 7. The third-order valence-electron chi connectivity index (χ3n) is 3.50. The molecule has 0 aliphatic carbocycles. The van der Waals surface area contributed by atoms with Crippen LogP contribution in [0, 0.1) is 19.8 Å². The number of benzene rings is 1. The van der Waals surface area contributed by atoms with Crippen molar-refractivity contribution in [3.05, 3.63) is 29.3 Å².